The molecule has 0 bridgehead atoms. The SMILES string of the molecule is Cc1cc(OCC(=O)NC(=O)NC(C)(C)C)ccc1[N+](=O)[O-]. The van der Waals surface area contributed by atoms with Gasteiger partial charge in [0, 0.05) is 17.2 Å². The number of aryl methyl sites for hydroxylation is 1. The Balaban J connectivity index is 2.53. The molecule has 0 saturated carbocycles. The summed E-state index contributed by atoms with van der Waals surface area (Å²) in [5.41, 5.74) is -0.0597. The summed E-state index contributed by atoms with van der Waals surface area (Å²) >= 11 is 0. The number of carbonyl (C=O) groups is 2. The molecule has 0 aromatic heterocycles. The number of benzene rings is 1. The molecule has 3 amide bonds. The average Bonchev–Trinajstić information content (AvgIpc) is 2.33. The third-order valence-electron chi connectivity index (χ3n) is 2.48. The Labute approximate surface area is 128 Å². The molecule has 1 aromatic carbocycles. The van der Waals surface area contributed by atoms with Gasteiger partial charge in [0.25, 0.3) is 11.6 Å². The molecule has 0 heterocycles. The summed E-state index contributed by atoms with van der Waals surface area (Å²) in [6, 6.07) is 3.55. The first-order valence-electron chi connectivity index (χ1n) is 6.58. The van der Waals surface area contributed by atoms with Crippen LogP contribution in [0.25, 0.3) is 0 Å². The molecule has 0 fully saturated rings. The molecular weight excluding hydrogens is 290 g/mol. The maximum absolute atomic E-state index is 11.6. The number of nitro groups is 1. The standard InChI is InChI=1S/C14H19N3O5/c1-9-7-10(5-6-11(9)17(20)21)22-8-12(18)15-13(19)16-14(2,3)4/h5-7H,8H2,1-4H3,(H2,15,16,18,19). The lowest BCUT2D eigenvalue weighted by Crippen LogP contribution is -2.49. The second kappa shape index (κ2) is 6.88. The van der Waals surface area contributed by atoms with Crippen molar-refractivity contribution in [1.82, 2.24) is 10.6 Å². The molecule has 1 aromatic rings. The maximum atomic E-state index is 11.6. The van der Waals surface area contributed by atoms with Gasteiger partial charge in [0.05, 0.1) is 4.92 Å². The Hall–Kier alpha value is -2.64. The molecule has 120 valence electrons. The molecule has 0 spiro atoms. The summed E-state index contributed by atoms with van der Waals surface area (Å²) < 4.78 is 5.20. The van der Waals surface area contributed by atoms with E-state index in [1.54, 1.807) is 27.7 Å². The summed E-state index contributed by atoms with van der Waals surface area (Å²) in [4.78, 5) is 33.2. The van der Waals surface area contributed by atoms with Gasteiger partial charge in [0.15, 0.2) is 6.61 Å². The van der Waals surface area contributed by atoms with Crippen molar-refractivity contribution in [1.29, 1.82) is 0 Å². The van der Waals surface area contributed by atoms with Crippen LogP contribution in [0.1, 0.15) is 26.3 Å². The predicted octanol–water partition coefficient (Wildman–Crippen LogP) is 1.91. The van der Waals surface area contributed by atoms with E-state index in [2.05, 4.69) is 10.6 Å². The molecule has 0 radical (unpaired) electrons. The fourth-order valence-corrected chi connectivity index (χ4v) is 1.61. The van der Waals surface area contributed by atoms with Gasteiger partial charge in [0.1, 0.15) is 5.75 Å². The largest absolute Gasteiger partial charge is 0.484 e. The van der Waals surface area contributed by atoms with Crippen molar-refractivity contribution in [3.05, 3.63) is 33.9 Å². The van der Waals surface area contributed by atoms with E-state index in [9.17, 15) is 19.7 Å². The maximum Gasteiger partial charge on any atom is 0.321 e. The molecule has 0 aliphatic carbocycles. The molecule has 0 atom stereocenters. The van der Waals surface area contributed by atoms with Gasteiger partial charge in [-0.1, -0.05) is 0 Å². The molecule has 0 unspecified atom stereocenters. The van der Waals surface area contributed by atoms with Crippen molar-refractivity contribution in [2.45, 2.75) is 33.2 Å². The number of nitrogens with zero attached hydrogens (tertiary/aromatic N) is 1. The molecule has 0 aliphatic heterocycles. The minimum Gasteiger partial charge on any atom is -0.484 e. The van der Waals surface area contributed by atoms with Crippen LogP contribution in [-0.2, 0) is 4.79 Å². The summed E-state index contributed by atoms with van der Waals surface area (Å²) in [7, 11) is 0. The van der Waals surface area contributed by atoms with Gasteiger partial charge >= 0.3 is 6.03 Å². The van der Waals surface area contributed by atoms with E-state index >= 15 is 0 Å². The molecule has 1 rings (SSSR count). The molecule has 0 saturated heterocycles. The van der Waals surface area contributed by atoms with Gasteiger partial charge in [-0.3, -0.25) is 20.2 Å². The van der Waals surface area contributed by atoms with Crippen molar-refractivity contribution in [2.75, 3.05) is 6.61 Å². The zero-order chi connectivity index (χ0) is 16.9. The number of nitrogens with one attached hydrogen (secondary N) is 2. The topological polar surface area (TPSA) is 111 Å². The van der Waals surface area contributed by atoms with Crippen LogP contribution in [0, 0.1) is 17.0 Å². The highest BCUT2D eigenvalue weighted by Gasteiger charge is 2.16. The van der Waals surface area contributed by atoms with Crippen LogP contribution >= 0.6 is 0 Å². The molecule has 0 aliphatic rings. The van der Waals surface area contributed by atoms with Crippen LogP contribution in [0.2, 0.25) is 0 Å². The second-order valence-corrected chi connectivity index (χ2v) is 5.75. The van der Waals surface area contributed by atoms with Gasteiger partial charge in [-0.25, -0.2) is 4.79 Å². The Kier molecular flexibility index (Phi) is 5.44. The molecular formula is C14H19N3O5. The predicted molar refractivity (Wildman–Crippen MR) is 79.8 cm³/mol. The van der Waals surface area contributed by atoms with Gasteiger partial charge in [-0.2, -0.15) is 0 Å². The number of rotatable bonds is 4. The van der Waals surface area contributed by atoms with Crippen LogP contribution < -0.4 is 15.4 Å². The van der Waals surface area contributed by atoms with Gasteiger partial charge in [-0.05, 0) is 39.8 Å². The van der Waals surface area contributed by atoms with Crippen molar-refractivity contribution in [3.8, 4) is 5.75 Å². The normalized spacial score (nSPS) is 10.7. The van der Waals surface area contributed by atoms with Crippen LogP contribution in [0.5, 0.6) is 5.75 Å². The van der Waals surface area contributed by atoms with Crippen molar-refractivity contribution in [3.63, 3.8) is 0 Å². The highest BCUT2D eigenvalue weighted by atomic mass is 16.6. The molecule has 22 heavy (non-hydrogen) atoms. The highest BCUT2D eigenvalue weighted by molar-refractivity contribution is 5.95. The third kappa shape index (κ3) is 5.78. The number of imide groups is 1. The number of amides is 3. The lowest BCUT2D eigenvalue weighted by atomic mass is 10.1. The fourth-order valence-electron chi connectivity index (χ4n) is 1.61. The zero-order valence-electron chi connectivity index (χ0n) is 12.9. The Morgan fingerprint density at radius 2 is 1.95 bits per heavy atom. The van der Waals surface area contributed by atoms with E-state index in [0.717, 1.165) is 0 Å². The number of ether oxygens (including phenoxy) is 1. The first-order valence-corrected chi connectivity index (χ1v) is 6.58. The average molecular weight is 309 g/mol. The lowest BCUT2D eigenvalue weighted by molar-refractivity contribution is -0.385. The van der Waals surface area contributed by atoms with E-state index in [1.165, 1.54) is 18.2 Å². The van der Waals surface area contributed by atoms with Crippen LogP contribution in [0.15, 0.2) is 18.2 Å². The monoisotopic (exact) mass is 309 g/mol. The number of carbonyl (C=O) groups excluding carboxylic acids is 2. The van der Waals surface area contributed by atoms with E-state index in [4.69, 9.17) is 4.74 Å². The minimum atomic E-state index is -0.613. The minimum absolute atomic E-state index is 0.0265. The quantitative estimate of drug-likeness (QED) is 0.652. The summed E-state index contributed by atoms with van der Waals surface area (Å²) in [6.07, 6.45) is 0. The number of urea groups is 1. The van der Waals surface area contributed by atoms with Gasteiger partial charge in [0.2, 0.25) is 0 Å². The summed E-state index contributed by atoms with van der Waals surface area (Å²) in [6.45, 7) is 6.56. The smallest absolute Gasteiger partial charge is 0.321 e. The third-order valence-corrected chi connectivity index (χ3v) is 2.48. The van der Waals surface area contributed by atoms with Crippen molar-refractivity contribution < 1.29 is 19.2 Å². The van der Waals surface area contributed by atoms with Gasteiger partial charge in [-0.15, -0.1) is 0 Å². The van der Waals surface area contributed by atoms with Crippen LogP contribution in [0.3, 0.4) is 0 Å². The van der Waals surface area contributed by atoms with Crippen molar-refractivity contribution in [2.24, 2.45) is 0 Å². The fraction of sp³-hybridized carbons (Fsp3) is 0.429. The van der Waals surface area contributed by atoms with Crippen LogP contribution in [-0.4, -0.2) is 29.0 Å². The van der Waals surface area contributed by atoms with Crippen molar-refractivity contribution >= 4 is 17.6 Å². The van der Waals surface area contributed by atoms with E-state index in [1.807, 2.05) is 0 Å². The number of nitro benzene ring substituents is 1. The lowest BCUT2D eigenvalue weighted by Gasteiger charge is -2.20. The zero-order valence-corrected chi connectivity index (χ0v) is 12.9. The summed E-state index contributed by atoms with van der Waals surface area (Å²) in [5, 5.41) is 15.4. The van der Waals surface area contributed by atoms with E-state index in [-0.39, 0.29) is 12.3 Å². The first kappa shape index (κ1) is 17.4. The Morgan fingerprint density at radius 1 is 1.32 bits per heavy atom. The Bertz CT molecular complexity index is 593. The molecule has 2 N–H and O–H groups in total. The summed E-state index contributed by atoms with van der Waals surface area (Å²) in [5.74, 6) is -0.299. The van der Waals surface area contributed by atoms with Crippen LogP contribution in [0.4, 0.5) is 10.5 Å². The Morgan fingerprint density at radius 3 is 2.45 bits per heavy atom. The highest BCUT2D eigenvalue weighted by Crippen LogP contribution is 2.22. The first-order chi connectivity index (χ1) is 10.1. The number of hydrogen-bond donors (Lipinski definition) is 2. The molecule has 8 nitrogen and oxygen atoms in total. The number of hydrogen-bond acceptors (Lipinski definition) is 5. The van der Waals surface area contributed by atoms with Gasteiger partial charge < -0.3 is 10.1 Å². The molecule has 8 heteroatoms. The van der Waals surface area contributed by atoms with E-state index < -0.39 is 22.4 Å². The van der Waals surface area contributed by atoms with E-state index in [0.29, 0.717) is 11.3 Å². The second-order valence-electron chi connectivity index (χ2n) is 5.75.